The van der Waals surface area contributed by atoms with Gasteiger partial charge in [0, 0.05) is 5.56 Å². The van der Waals surface area contributed by atoms with Gasteiger partial charge in [0.2, 0.25) is 0 Å². The highest BCUT2D eigenvalue weighted by molar-refractivity contribution is 7.85. The molecule has 6 heteroatoms. The van der Waals surface area contributed by atoms with Gasteiger partial charge >= 0.3 is 0 Å². The van der Waals surface area contributed by atoms with Crippen molar-refractivity contribution in [2.75, 3.05) is 0 Å². The molecule has 2 aromatic rings. The SMILES string of the molecule is CCCCCCCCCc1c(S(=O)(=O)O)ccc(O)c1Oc1ccccc1. The van der Waals surface area contributed by atoms with Crippen LogP contribution in [0.15, 0.2) is 47.4 Å². The fraction of sp³-hybridized carbons (Fsp3) is 0.429. The quantitative estimate of drug-likeness (QED) is 0.377. The molecule has 0 radical (unpaired) electrons. The third kappa shape index (κ3) is 6.56. The van der Waals surface area contributed by atoms with Crippen molar-refractivity contribution in [1.29, 1.82) is 0 Å². The summed E-state index contributed by atoms with van der Waals surface area (Å²) in [4.78, 5) is -0.211. The molecule has 0 unspecified atom stereocenters. The number of rotatable bonds is 11. The first-order valence-electron chi connectivity index (χ1n) is 9.48. The van der Waals surface area contributed by atoms with Crippen molar-refractivity contribution >= 4 is 10.1 Å². The van der Waals surface area contributed by atoms with E-state index in [0.29, 0.717) is 17.7 Å². The van der Waals surface area contributed by atoms with Gasteiger partial charge in [0.25, 0.3) is 10.1 Å². The van der Waals surface area contributed by atoms with E-state index in [1.165, 1.54) is 31.4 Å². The van der Waals surface area contributed by atoms with Crippen LogP contribution in [-0.4, -0.2) is 18.1 Å². The van der Waals surface area contributed by atoms with Crippen molar-refractivity contribution in [3.8, 4) is 17.2 Å². The third-order valence-electron chi connectivity index (χ3n) is 4.47. The molecule has 2 rings (SSSR count). The summed E-state index contributed by atoms with van der Waals surface area (Å²) in [6, 6.07) is 11.3. The van der Waals surface area contributed by atoms with Gasteiger partial charge < -0.3 is 9.84 Å². The lowest BCUT2D eigenvalue weighted by molar-refractivity contribution is 0.403. The molecule has 0 saturated heterocycles. The average Bonchev–Trinajstić information content (AvgIpc) is 2.63. The molecular weight excluding hydrogens is 364 g/mol. The number of para-hydroxylation sites is 1. The predicted molar refractivity (Wildman–Crippen MR) is 106 cm³/mol. The summed E-state index contributed by atoms with van der Waals surface area (Å²) in [7, 11) is -4.41. The number of phenols is 1. The molecule has 0 amide bonds. The van der Waals surface area contributed by atoms with Gasteiger partial charge in [-0.05, 0) is 37.1 Å². The summed E-state index contributed by atoms with van der Waals surface area (Å²) in [6.45, 7) is 2.17. The Balaban J connectivity index is 2.19. The van der Waals surface area contributed by atoms with E-state index in [4.69, 9.17) is 4.74 Å². The van der Waals surface area contributed by atoms with Gasteiger partial charge in [-0.15, -0.1) is 0 Å². The number of hydrogen-bond acceptors (Lipinski definition) is 4. The first-order chi connectivity index (χ1) is 12.9. The van der Waals surface area contributed by atoms with Crippen LogP contribution in [0.2, 0.25) is 0 Å². The van der Waals surface area contributed by atoms with Gasteiger partial charge in [0.05, 0.1) is 0 Å². The van der Waals surface area contributed by atoms with Crippen molar-refractivity contribution < 1.29 is 22.8 Å². The number of benzene rings is 2. The predicted octanol–water partition coefficient (Wildman–Crippen LogP) is 5.72. The maximum absolute atomic E-state index is 11.8. The summed E-state index contributed by atoms with van der Waals surface area (Å²) in [5, 5.41) is 10.2. The number of hydrogen-bond donors (Lipinski definition) is 2. The average molecular weight is 393 g/mol. The van der Waals surface area contributed by atoms with Crippen molar-refractivity contribution in [1.82, 2.24) is 0 Å². The maximum atomic E-state index is 11.8. The monoisotopic (exact) mass is 392 g/mol. The van der Waals surface area contributed by atoms with Gasteiger partial charge in [-0.1, -0.05) is 63.6 Å². The summed E-state index contributed by atoms with van der Waals surface area (Å²) < 4.78 is 38.9. The third-order valence-corrected chi connectivity index (χ3v) is 5.41. The lowest BCUT2D eigenvalue weighted by atomic mass is 10.0. The Morgan fingerprint density at radius 3 is 2.15 bits per heavy atom. The molecule has 0 saturated carbocycles. The van der Waals surface area contributed by atoms with E-state index in [2.05, 4.69) is 6.92 Å². The van der Waals surface area contributed by atoms with Crippen LogP contribution in [-0.2, 0) is 16.5 Å². The molecule has 0 fully saturated rings. The molecule has 27 heavy (non-hydrogen) atoms. The number of aromatic hydroxyl groups is 1. The Bertz CT molecular complexity index is 816. The Morgan fingerprint density at radius 1 is 0.889 bits per heavy atom. The zero-order chi connectivity index (χ0) is 19.7. The summed E-state index contributed by atoms with van der Waals surface area (Å²) in [6.07, 6.45) is 7.98. The molecule has 0 bridgehead atoms. The molecule has 0 aromatic heterocycles. The Labute approximate surface area is 161 Å². The van der Waals surface area contributed by atoms with Crippen LogP contribution in [0.4, 0.5) is 0 Å². The zero-order valence-electron chi connectivity index (χ0n) is 15.7. The molecule has 5 nitrogen and oxygen atoms in total. The molecule has 2 N–H and O–H groups in total. The fourth-order valence-corrected chi connectivity index (χ4v) is 3.80. The topological polar surface area (TPSA) is 83.8 Å². The van der Waals surface area contributed by atoms with Gasteiger partial charge in [-0.3, -0.25) is 4.55 Å². The van der Waals surface area contributed by atoms with Crippen LogP contribution in [0.3, 0.4) is 0 Å². The van der Waals surface area contributed by atoms with Crippen LogP contribution in [0, 0.1) is 0 Å². The minimum absolute atomic E-state index is 0.0855. The fourth-order valence-electron chi connectivity index (χ4n) is 3.05. The summed E-state index contributed by atoms with van der Waals surface area (Å²) in [5.41, 5.74) is 0.315. The molecule has 0 aliphatic heterocycles. The number of ether oxygens (including phenoxy) is 1. The first-order valence-corrected chi connectivity index (χ1v) is 10.9. The van der Waals surface area contributed by atoms with Gasteiger partial charge in [-0.2, -0.15) is 8.42 Å². The molecular formula is C21H28O5S. The highest BCUT2D eigenvalue weighted by Crippen LogP contribution is 2.39. The van der Waals surface area contributed by atoms with E-state index in [-0.39, 0.29) is 16.4 Å². The molecule has 148 valence electrons. The maximum Gasteiger partial charge on any atom is 0.294 e. The standard InChI is InChI=1S/C21H28O5S/c1-2-3-4-5-6-7-11-14-18-20(27(23,24)25)16-15-19(22)21(18)26-17-12-9-8-10-13-17/h8-10,12-13,15-16,22H,2-7,11,14H2,1H3,(H,23,24,25). The zero-order valence-corrected chi connectivity index (χ0v) is 16.5. The normalized spacial score (nSPS) is 11.5. The minimum atomic E-state index is -4.41. The Kier molecular flexibility index (Phi) is 8.13. The molecule has 0 spiro atoms. The van der Waals surface area contributed by atoms with Crippen LogP contribution in [0.1, 0.15) is 57.4 Å². The Hall–Kier alpha value is -2.05. The van der Waals surface area contributed by atoms with E-state index in [0.717, 1.165) is 25.7 Å². The van der Waals surface area contributed by atoms with Crippen LogP contribution in [0.5, 0.6) is 17.2 Å². The van der Waals surface area contributed by atoms with Crippen LogP contribution >= 0.6 is 0 Å². The minimum Gasteiger partial charge on any atom is -0.504 e. The second-order valence-electron chi connectivity index (χ2n) is 6.65. The molecule has 0 heterocycles. The van der Waals surface area contributed by atoms with E-state index in [9.17, 15) is 18.1 Å². The van der Waals surface area contributed by atoms with Crippen LogP contribution in [0.25, 0.3) is 0 Å². The second kappa shape index (κ2) is 10.3. The smallest absolute Gasteiger partial charge is 0.294 e. The van der Waals surface area contributed by atoms with Crippen molar-refractivity contribution in [2.24, 2.45) is 0 Å². The van der Waals surface area contributed by atoms with Crippen molar-refractivity contribution in [2.45, 2.75) is 63.2 Å². The molecule has 0 aliphatic rings. The molecule has 0 atom stereocenters. The van der Waals surface area contributed by atoms with E-state index in [1.54, 1.807) is 24.3 Å². The lowest BCUT2D eigenvalue weighted by Gasteiger charge is -2.15. The van der Waals surface area contributed by atoms with E-state index in [1.807, 2.05) is 6.07 Å². The van der Waals surface area contributed by atoms with E-state index < -0.39 is 10.1 Å². The molecule has 0 aliphatic carbocycles. The summed E-state index contributed by atoms with van der Waals surface area (Å²) >= 11 is 0. The first kappa shape index (κ1) is 21.3. The lowest BCUT2D eigenvalue weighted by Crippen LogP contribution is -2.05. The second-order valence-corrected chi connectivity index (χ2v) is 8.04. The highest BCUT2D eigenvalue weighted by atomic mass is 32.2. The summed E-state index contributed by atoms with van der Waals surface area (Å²) in [5.74, 6) is 0.424. The number of phenolic OH excluding ortho intramolecular Hbond substituents is 1. The molecule has 2 aromatic carbocycles. The van der Waals surface area contributed by atoms with Gasteiger partial charge in [0.1, 0.15) is 10.6 Å². The van der Waals surface area contributed by atoms with Crippen LogP contribution < -0.4 is 4.74 Å². The van der Waals surface area contributed by atoms with Gasteiger partial charge in [-0.25, -0.2) is 0 Å². The Morgan fingerprint density at radius 2 is 1.52 bits per heavy atom. The van der Waals surface area contributed by atoms with Gasteiger partial charge in [0.15, 0.2) is 11.5 Å². The van der Waals surface area contributed by atoms with E-state index >= 15 is 0 Å². The van der Waals surface area contributed by atoms with Crippen molar-refractivity contribution in [3.05, 3.63) is 48.0 Å². The van der Waals surface area contributed by atoms with Crippen molar-refractivity contribution in [3.63, 3.8) is 0 Å². The highest BCUT2D eigenvalue weighted by Gasteiger charge is 2.22. The number of unbranched alkanes of at least 4 members (excludes halogenated alkanes) is 6. The largest absolute Gasteiger partial charge is 0.504 e.